The van der Waals surface area contributed by atoms with E-state index in [1.807, 2.05) is 0 Å². The molecule has 0 bridgehead atoms. The van der Waals surface area contributed by atoms with E-state index in [0.29, 0.717) is 19.5 Å². The smallest absolute Gasteiger partial charge is 0.387 e. The third kappa shape index (κ3) is 4.12. The number of halogens is 2. The fourth-order valence-corrected chi connectivity index (χ4v) is 2.45. The van der Waals surface area contributed by atoms with Crippen molar-refractivity contribution >= 4 is 5.97 Å². The van der Waals surface area contributed by atoms with E-state index < -0.39 is 18.8 Å². The topological polar surface area (TPSA) is 59.0 Å². The maximum absolute atomic E-state index is 12.1. The Morgan fingerprint density at radius 1 is 1.43 bits per heavy atom. The Labute approximate surface area is 121 Å². The monoisotopic (exact) mass is 301 g/mol. The molecule has 2 rings (SSSR count). The van der Waals surface area contributed by atoms with Crippen molar-refractivity contribution in [1.29, 1.82) is 0 Å². The molecule has 7 heteroatoms. The Morgan fingerprint density at radius 3 is 2.67 bits per heavy atom. The van der Waals surface area contributed by atoms with Crippen molar-refractivity contribution in [3.05, 3.63) is 29.8 Å². The summed E-state index contributed by atoms with van der Waals surface area (Å²) < 4.78 is 33.1. The summed E-state index contributed by atoms with van der Waals surface area (Å²) in [6.07, 6.45) is -0.241. The van der Waals surface area contributed by atoms with Gasteiger partial charge in [-0.1, -0.05) is 12.1 Å². The number of nitrogens with zero attached hydrogens (tertiary/aromatic N) is 1. The number of methoxy groups -OCH3 is 1. The Bertz CT molecular complexity index is 480. The van der Waals surface area contributed by atoms with Crippen LogP contribution in [0.15, 0.2) is 24.3 Å². The number of ether oxygens (including phenoxy) is 2. The molecule has 0 saturated carbocycles. The highest BCUT2D eigenvalue weighted by atomic mass is 19.3. The molecule has 21 heavy (non-hydrogen) atoms. The average molecular weight is 301 g/mol. The first-order chi connectivity index (χ1) is 9.99. The van der Waals surface area contributed by atoms with Crippen molar-refractivity contribution in [1.82, 2.24) is 4.90 Å². The third-order valence-corrected chi connectivity index (χ3v) is 3.39. The second-order valence-corrected chi connectivity index (χ2v) is 4.88. The van der Waals surface area contributed by atoms with Gasteiger partial charge in [-0.15, -0.1) is 0 Å². The quantitative estimate of drug-likeness (QED) is 0.833. The van der Waals surface area contributed by atoms with Gasteiger partial charge in [-0.05, 0) is 17.7 Å². The third-order valence-electron chi connectivity index (χ3n) is 3.39. The number of aliphatic hydroxyl groups is 1. The maximum Gasteiger partial charge on any atom is 0.387 e. The van der Waals surface area contributed by atoms with Crippen LogP contribution >= 0.6 is 0 Å². The number of β-amino-alcohol motifs (C(OH)–C–C–N with tert-alkyl or cyclic N) is 1. The Hall–Kier alpha value is -1.73. The number of alkyl halides is 2. The minimum Gasteiger partial charge on any atom is -0.468 e. The first kappa shape index (κ1) is 15.7. The van der Waals surface area contributed by atoms with Gasteiger partial charge < -0.3 is 14.6 Å². The van der Waals surface area contributed by atoms with Crippen molar-refractivity contribution in [2.24, 2.45) is 0 Å². The Balaban J connectivity index is 2.01. The van der Waals surface area contributed by atoms with Gasteiger partial charge in [-0.25, -0.2) is 0 Å². The SMILES string of the molecule is COC(=O)C1C[C@@H](O)CN1Cc1ccc(OC(F)F)cc1. The lowest BCUT2D eigenvalue weighted by molar-refractivity contribution is -0.146. The fourth-order valence-electron chi connectivity index (χ4n) is 2.45. The van der Waals surface area contributed by atoms with Crippen LogP contribution in [0.25, 0.3) is 0 Å². The van der Waals surface area contributed by atoms with Gasteiger partial charge in [0, 0.05) is 19.5 Å². The summed E-state index contributed by atoms with van der Waals surface area (Å²) in [5, 5.41) is 9.68. The van der Waals surface area contributed by atoms with Crippen molar-refractivity contribution in [3.63, 3.8) is 0 Å². The zero-order valence-corrected chi connectivity index (χ0v) is 11.5. The van der Waals surface area contributed by atoms with Gasteiger partial charge in [0.15, 0.2) is 0 Å². The number of aliphatic hydroxyl groups excluding tert-OH is 1. The molecule has 116 valence electrons. The van der Waals surface area contributed by atoms with E-state index >= 15 is 0 Å². The number of hydrogen-bond donors (Lipinski definition) is 1. The molecule has 1 aliphatic rings. The molecule has 1 fully saturated rings. The zero-order chi connectivity index (χ0) is 15.4. The van der Waals surface area contributed by atoms with Gasteiger partial charge >= 0.3 is 12.6 Å². The van der Waals surface area contributed by atoms with Crippen molar-refractivity contribution in [2.45, 2.75) is 31.7 Å². The fraction of sp³-hybridized carbons (Fsp3) is 0.500. The second kappa shape index (κ2) is 6.82. The van der Waals surface area contributed by atoms with E-state index in [2.05, 4.69) is 4.74 Å². The normalized spacial score (nSPS) is 22.5. The van der Waals surface area contributed by atoms with E-state index in [1.54, 1.807) is 17.0 Å². The molecule has 0 radical (unpaired) electrons. The summed E-state index contributed by atoms with van der Waals surface area (Å²) in [7, 11) is 1.31. The maximum atomic E-state index is 12.1. The van der Waals surface area contributed by atoms with Crippen LogP contribution in [0.3, 0.4) is 0 Å². The van der Waals surface area contributed by atoms with Crippen LogP contribution in [0.1, 0.15) is 12.0 Å². The van der Waals surface area contributed by atoms with E-state index in [0.717, 1.165) is 5.56 Å². The van der Waals surface area contributed by atoms with Crippen molar-refractivity contribution < 1.29 is 28.2 Å². The van der Waals surface area contributed by atoms with E-state index in [9.17, 15) is 18.7 Å². The van der Waals surface area contributed by atoms with Crippen LogP contribution in [0, 0.1) is 0 Å². The highest BCUT2D eigenvalue weighted by molar-refractivity contribution is 5.76. The highest BCUT2D eigenvalue weighted by Gasteiger charge is 2.36. The minimum absolute atomic E-state index is 0.0831. The summed E-state index contributed by atoms with van der Waals surface area (Å²) >= 11 is 0. The molecule has 1 saturated heterocycles. The molecule has 5 nitrogen and oxygen atoms in total. The molecule has 0 aromatic heterocycles. The largest absolute Gasteiger partial charge is 0.468 e. The Morgan fingerprint density at radius 2 is 2.10 bits per heavy atom. The molecular formula is C14H17F2NO4. The van der Waals surface area contributed by atoms with Crippen LogP contribution < -0.4 is 4.74 Å². The minimum atomic E-state index is -2.85. The number of carbonyl (C=O) groups is 1. The lowest BCUT2D eigenvalue weighted by Crippen LogP contribution is -2.36. The summed E-state index contributed by atoms with van der Waals surface area (Å²) in [5.74, 6) is -0.302. The van der Waals surface area contributed by atoms with Crippen LogP contribution in [0.5, 0.6) is 5.75 Å². The summed E-state index contributed by atoms with van der Waals surface area (Å²) in [5.41, 5.74) is 0.833. The lowest BCUT2D eigenvalue weighted by atomic mass is 10.1. The molecule has 0 aliphatic carbocycles. The van der Waals surface area contributed by atoms with Gasteiger partial charge in [0.25, 0.3) is 0 Å². The zero-order valence-electron chi connectivity index (χ0n) is 11.5. The number of carbonyl (C=O) groups excluding carboxylic acids is 1. The predicted molar refractivity (Wildman–Crippen MR) is 69.9 cm³/mol. The molecule has 0 amide bonds. The summed E-state index contributed by atoms with van der Waals surface area (Å²) in [6.45, 7) is -2.06. The number of esters is 1. The molecule has 2 atom stereocenters. The summed E-state index contributed by atoms with van der Waals surface area (Å²) in [4.78, 5) is 13.5. The first-order valence-electron chi connectivity index (χ1n) is 6.53. The predicted octanol–water partition coefficient (Wildman–Crippen LogP) is 1.40. The molecule has 1 unspecified atom stereocenters. The van der Waals surface area contributed by atoms with Crippen LogP contribution in [0.2, 0.25) is 0 Å². The van der Waals surface area contributed by atoms with Crippen LogP contribution in [-0.2, 0) is 16.1 Å². The standard InChI is InChI=1S/C14H17F2NO4/c1-20-13(19)12-6-10(18)8-17(12)7-9-2-4-11(5-3-9)21-14(15)16/h2-5,10,12,14,18H,6-8H2,1H3/t10-,12?/m1/s1. The molecule has 0 spiro atoms. The second-order valence-electron chi connectivity index (χ2n) is 4.88. The molecule has 1 aromatic rings. The van der Waals surface area contributed by atoms with Gasteiger partial charge in [0.2, 0.25) is 0 Å². The molecule has 1 heterocycles. The summed E-state index contributed by atoms with van der Waals surface area (Å²) in [6, 6.07) is 5.71. The average Bonchev–Trinajstić information content (AvgIpc) is 2.80. The number of likely N-dealkylation sites (tertiary alicyclic amines) is 1. The molecule has 1 aromatic carbocycles. The molecule has 1 aliphatic heterocycles. The van der Waals surface area contributed by atoms with Gasteiger partial charge in [0.05, 0.1) is 13.2 Å². The first-order valence-corrected chi connectivity index (χ1v) is 6.53. The number of hydrogen-bond acceptors (Lipinski definition) is 5. The molecular weight excluding hydrogens is 284 g/mol. The van der Waals surface area contributed by atoms with Crippen LogP contribution in [-0.4, -0.2) is 48.4 Å². The van der Waals surface area contributed by atoms with Crippen molar-refractivity contribution in [2.75, 3.05) is 13.7 Å². The lowest BCUT2D eigenvalue weighted by Gasteiger charge is -2.22. The highest BCUT2D eigenvalue weighted by Crippen LogP contribution is 2.23. The van der Waals surface area contributed by atoms with Gasteiger partial charge in [-0.2, -0.15) is 8.78 Å². The van der Waals surface area contributed by atoms with E-state index in [1.165, 1.54) is 19.2 Å². The Kier molecular flexibility index (Phi) is 5.08. The van der Waals surface area contributed by atoms with E-state index in [4.69, 9.17) is 4.74 Å². The number of rotatable bonds is 5. The number of benzene rings is 1. The van der Waals surface area contributed by atoms with E-state index in [-0.39, 0.29) is 11.7 Å². The van der Waals surface area contributed by atoms with Crippen molar-refractivity contribution in [3.8, 4) is 5.75 Å². The molecule has 1 N–H and O–H groups in total. The van der Waals surface area contributed by atoms with Gasteiger partial charge in [0.1, 0.15) is 11.8 Å². The van der Waals surface area contributed by atoms with Crippen LogP contribution in [0.4, 0.5) is 8.78 Å². The van der Waals surface area contributed by atoms with Gasteiger partial charge in [-0.3, -0.25) is 9.69 Å².